The number of hydrogen-bond acceptors (Lipinski definition) is 6. The number of hydrogen-bond donors (Lipinski definition) is 3. The Hall–Kier alpha value is -1.72. The molecule has 2 aliphatic heterocycles. The minimum Gasteiger partial charge on any atom is -0.311 e. The molecule has 0 bridgehead atoms. The van der Waals surface area contributed by atoms with E-state index in [9.17, 15) is 13.2 Å². The van der Waals surface area contributed by atoms with Gasteiger partial charge in [-0.1, -0.05) is 59.8 Å². The number of nitrogens with one attached hydrogen (secondary N) is 3. The molecule has 1 saturated heterocycles. The van der Waals surface area contributed by atoms with Gasteiger partial charge in [0.2, 0.25) is 0 Å². The van der Waals surface area contributed by atoms with E-state index in [2.05, 4.69) is 52.9 Å². The largest absolute Gasteiger partial charge is 0.343 e. The lowest BCUT2D eigenvalue weighted by Crippen LogP contribution is -2.44. The van der Waals surface area contributed by atoms with E-state index in [-0.39, 0.29) is 29.6 Å². The van der Waals surface area contributed by atoms with Crippen LogP contribution in [0.1, 0.15) is 114 Å². The lowest BCUT2D eigenvalue weighted by molar-refractivity contribution is 0.326. The van der Waals surface area contributed by atoms with Gasteiger partial charge in [-0.25, -0.2) is 9.48 Å². The fourth-order valence-corrected chi connectivity index (χ4v) is 5.13. The predicted octanol–water partition coefficient (Wildman–Crippen LogP) is 4.21. The van der Waals surface area contributed by atoms with Crippen LogP contribution in [0.5, 0.6) is 0 Å². The summed E-state index contributed by atoms with van der Waals surface area (Å²) in [5.74, 6) is 3.25. The average molecular weight is 530 g/mol. The van der Waals surface area contributed by atoms with E-state index in [0.717, 1.165) is 29.7 Å². The minimum absolute atomic E-state index is 0.0959. The van der Waals surface area contributed by atoms with Crippen LogP contribution in [-0.4, -0.2) is 51.6 Å². The average Bonchev–Trinajstić information content (AvgIpc) is 3.45. The van der Waals surface area contributed by atoms with Gasteiger partial charge in [0.05, 0.1) is 6.04 Å². The van der Waals surface area contributed by atoms with Crippen molar-refractivity contribution in [2.45, 2.75) is 126 Å². The Bertz CT molecular complexity index is 978. The van der Waals surface area contributed by atoms with Gasteiger partial charge in [-0.05, 0) is 52.4 Å². The van der Waals surface area contributed by atoms with Crippen LogP contribution < -0.4 is 16.4 Å². The van der Waals surface area contributed by atoms with Gasteiger partial charge >= 0.3 is 15.9 Å². The van der Waals surface area contributed by atoms with Crippen molar-refractivity contribution in [2.75, 3.05) is 0 Å². The highest BCUT2D eigenvalue weighted by molar-refractivity contribution is 7.88. The van der Waals surface area contributed by atoms with Crippen molar-refractivity contribution in [1.82, 2.24) is 29.9 Å². The molecular weight excluding hydrogens is 478 g/mol. The summed E-state index contributed by atoms with van der Waals surface area (Å²) >= 11 is 0. The predicted molar refractivity (Wildman–Crippen MR) is 148 cm³/mol. The number of aromatic amines is 1. The molecule has 1 aromatic heterocycles. The van der Waals surface area contributed by atoms with Crippen LogP contribution in [0.25, 0.3) is 0 Å². The Labute approximate surface area is 218 Å². The van der Waals surface area contributed by atoms with Gasteiger partial charge in [0.25, 0.3) is 0 Å². The van der Waals surface area contributed by atoms with E-state index in [0.29, 0.717) is 5.84 Å². The Balaban J connectivity index is 0.000000271. The van der Waals surface area contributed by atoms with Crippen molar-refractivity contribution >= 4 is 16.0 Å². The Morgan fingerprint density at radius 3 is 1.53 bits per heavy atom. The lowest BCUT2D eigenvalue weighted by Gasteiger charge is -2.19. The molecule has 0 amide bonds. The molecule has 36 heavy (non-hydrogen) atoms. The van der Waals surface area contributed by atoms with E-state index in [1.54, 1.807) is 13.8 Å². The molecule has 0 spiro atoms. The number of amidine groups is 1. The van der Waals surface area contributed by atoms with Crippen LogP contribution in [0.3, 0.4) is 0 Å². The highest BCUT2D eigenvalue weighted by atomic mass is 32.2. The summed E-state index contributed by atoms with van der Waals surface area (Å²) in [5, 5.41) is 7.85. The number of hydrazine groups is 1. The maximum Gasteiger partial charge on any atom is 0.343 e. The van der Waals surface area contributed by atoms with Gasteiger partial charge in [0.15, 0.2) is 0 Å². The van der Waals surface area contributed by atoms with E-state index in [1.807, 2.05) is 41.5 Å². The van der Waals surface area contributed by atoms with Gasteiger partial charge < -0.3 is 5.32 Å². The summed E-state index contributed by atoms with van der Waals surface area (Å²) in [7, 11) is -3.47. The lowest BCUT2D eigenvalue weighted by atomic mass is 10.0. The van der Waals surface area contributed by atoms with Crippen molar-refractivity contribution < 1.29 is 8.42 Å². The van der Waals surface area contributed by atoms with E-state index in [1.165, 1.54) is 21.9 Å². The van der Waals surface area contributed by atoms with E-state index < -0.39 is 10.2 Å². The molecule has 11 heteroatoms. The third-order valence-electron chi connectivity index (χ3n) is 6.22. The quantitative estimate of drug-likeness (QED) is 0.507. The standard InChI is InChI=1S/C10H21N.C8H15N3O.C7H15N3O2S/c1-7(2)9-5-6-10(11-9)8(3)4;1-5(2)7-9-8(12)11(10-7)6(3)4;1-5(2)7-8-10(6(3)4)13(11,12)9-7/h7-11H,5-6H2,1-4H3;5-6H,1-4H3,(H,9,10,12);5-6H,1-4H3,(H,8,9). The highest BCUT2D eigenvalue weighted by Crippen LogP contribution is 2.22. The summed E-state index contributed by atoms with van der Waals surface area (Å²) in [6.07, 6.45) is 2.75. The molecule has 0 aromatic carbocycles. The van der Waals surface area contributed by atoms with Crippen LogP contribution in [0.15, 0.2) is 9.19 Å². The topological polar surface area (TPSA) is 124 Å². The molecule has 3 rings (SSSR count). The fraction of sp³-hybridized carbons (Fsp3) is 0.880. The maximum absolute atomic E-state index is 11.4. The number of H-pyrrole nitrogens is 1. The molecule has 3 heterocycles. The van der Waals surface area contributed by atoms with E-state index >= 15 is 0 Å². The molecule has 10 nitrogen and oxygen atoms in total. The van der Waals surface area contributed by atoms with Crippen LogP contribution in [0, 0.1) is 17.8 Å². The molecule has 0 aliphatic carbocycles. The van der Waals surface area contributed by atoms with Crippen molar-refractivity contribution in [3.8, 4) is 0 Å². The summed E-state index contributed by atoms with van der Waals surface area (Å²) in [5.41, 5.74) is 2.66. The second-order valence-corrected chi connectivity index (χ2v) is 13.0. The third-order valence-corrected chi connectivity index (χ3v) is 7.66. The van der Waals surface area contributed by atoms with Gasteiger partial charge in [-0.3, -0.25) is 10.4 Å². The molecule has 2 aliphatic rings. The first kappa shape index (κ1) is 32.3. The summed E-state index contributed by atoms with van der Waals surface area (Å²) in [6, 6.07) is 1.57. The number of nitrogens with zero attached hydrogens (tertiary/aromatic N) is 4. The Kier molecular flexibility index (Phi) is 12.3. The van der Waals surface area contributed by atoms with Crippen molar-refractivity contribution in [3.05, 3.63) is 16.3 Å². The molecule has 210 valence electrons. The van der Waals surface area contributed by atoms with E-state index in [4.69, 9.17) is 0 Å². The first-order valence-corrected chi connectivity index (χ1v) is 14.7. The van der Waals surface area contributed by atoms with Crippen LogP contribution in [0.4, 0.5) is 0 Å². The zero-order valence-corrected chi connectivity index (χ0v) is 25.3. The molecular formula is C25H51N7O3S. The third kappa shape index (κ3) is 9.30. The highest BCUT2D eigenvalue weighted by Gasteiger charge is 2.33. The van der Waals surface area contributed by atoms with Crippen LogP contribution in [0.2, 0.25) is 0 Å². The Morgan fingerprint density at radius 2 is 1.31 bits per heavy atom. The van der Waals surface area contributed by atoms with Gasteiger partial charge in [0, 0.05) is 30.0 Å². The second-order valence-electron chi connectivity index (χ2n) is 11.6. The molecule has 0 radical (unpaired) electrons. The van der Waals surface area contributed by atoms with Gasteiger partial charge in [0.1, 0.15) is 11.7 Å². The molecule has 2 unspecified atom stereocenters. The minimum atomic E-state index is -3.47. The van der Waals surface area contributed by atoms with Crippen molar-refractivity contribution in [2.24, 2.45) is 22.2 Å². The monoisotopic (exact) mass is 529 g/mol. The van der Waals surface area contributed by atoms with Crippen LogP contribution >= 0.6 is 0 Å². The number of rotatable bonds is 6. The number of aromatic nitrogens is 3. The first-order valence-electron chi connectivity index (χ1n) is 13.3. The van der Waals surface area contributed by atoms with Gasteiger partial charge in [-0.15, -0.1) is 4.40 Å². The Morgan fingerprint density at radius 1 is 0.806 bits per heavy atom. The summed E-state index contributed by atoms with van der Waals surface area (Å²) in [4.78, 5) is 14.0. The van der Waals surface area contributed by atoms with Crippen molar-refractivity contribution in [1.29, 1.82) is 0 Å². The maximum atomic E-state index is 11.4. The summed E-state index contributed by atoms with van der Waals surface area (Å²) in [6.45, 7) is 24.5. The summed E-state index contributed by atoms with van der Waals surface area (Å²) < 4.78 is 29.1. The normalized spacial score (nSPS) is 21.7. The second kappa shape index (κ2) is 13.7. The SMILES string of the molecule is CC(C)C1=NS(=O)(=O)N(C(C)C)N1.CC(C)C1CCC(C(C)C)N1.CC(C)c1nn(C(C)C)c(=O)[nH]1. The van der Waals surface area contributed by atoms with Crippen molar-refractivity contribution in [3.63, 3.8) is 0 Å². The first-order chi connectivity index (χ1) is 16.5. The van der Waals surface area contributed by atoms with Crippen LogP contribution in [-0.2, 0) is 10.2 Å². The van der Waals surface area contributed by atoms with Gasteiger partial charge in [-0.2, -0.15) is 13.5 Å². The molecule has 0 saturated carbocycles. The smallest absolute Gasteiger partial charge is 0.311 e. The molecule has 1 aromatic rings. The molecule has 3 N–H and O–H groups in total. The fourth-order valence-electron chi connectivity index (χ4n) is 3.80. The molecule has 1 fully saturated rings. The zero-order chi connectivity index (χ0) is 28.0. The molecule has 2 atom stereocenters. The zero-order valence-electron chi connectivity index (χ0n) is 24.5.